The predicted octanol–water partition coefficient (Wildman–Crippen LogP) is 2.60. The Morgan fingerprint density at radius 1 is 0.786 bits per heavy atom. The summed E-state index contributed by atoms with van der Waals surface area (Å²) in [7, 11) is 0. The van der Waals surface area contributed by atoms with Crippen LogP contribution in [0.4, 0.5) is 0 Å². The lowest BCUT2D eigenvalue weighted by Gasteiger charge is -2.26. The molecule has 2 nitrogen and oxygen atoms in total. The van der Waals surface area contributed by atoms with Gasteiger partial charge in [0.25, 0.3) is 0 Å². The summed E-state index contributed by atoms with van der Waals surface area (Å²) in [6, 6.07) is 0. The first-order valence-corrected chi connectivity index (χ1v) is 5.57. The van der Waals surface area contributed by atoms with E-state index in [9.17, 15) is 0 Å². The Morgan fingerprint density at radius 2 is 1.07 bits per heavy atom. The molecule has 14 heavy (non-hydrogen) atoms. The Hall–Kier alpha value is -0.0800. The molecular weight excluding hydrogens is 172 g/mol. The summed E-state index contributed by atoms with van der Waals surface area (Å²) >= 11 is 0. The Kier molecular flexibility index (Phi) is 5.10. The molecule has 0 saturated carbocycles. The number of nitrogens with one attached hydrogen (secondary N) is 2. The van der Waals surface area contributed by atoms with E-state index in [2.05, 4.69) is 59.1 Å². The first kappa shape index (κ1) is 13.9. The summed E-state index contributed by atoms with van der Waals surface area (Å²) in [5, 5.41) is 6.97. The van der Waals surface area contributed by atoms with E-state index in [-0.39, 0.29) is 0 Å². The number of hydrogen-bond donors (Lipinski definition) is 2. The maximum atomic E-state index is 3.48. The molecule has 0 rings (SSSR count). The summed E-state index contributed by atoms with van der Waals surface area (Å²) in [6.07, 6.45) is 0.397. The molecule has 0 aromatic carbocycles. The van der Waals surface area contributed by atoms with Gasteiger partial charge in [0.2, 0.25) is 0 Å². The van der Waals surface area contributed by atoms with Gasteiger partial charge in [-0.3, -0.25) is 0 Å². The van der Waals surface area contributed by atoms with E-state index >= 15 is 0 Å². The van der Waals surface area contributed by atoms with E-state index in [1.807, 2.05) is 0 Å². The van der Waals surface area contributed by atoms with Crippen molar-refractivity contribution >= 4 is 0 Å². The second kappa shape index (κ2) is 5.13. The predicted molar refractivity (Wildman–Crippen MR) is 64.4 cm³/mol. The van der Waals surface area contributed by atoms with Crippen LogP contribution >= 0.6 is 0 Å². The van der Waals surface area contributed by atoms with Gasteiger partial charge in [-0.15, -0.1) is 0 Å². The van der Waals surface area contributed by atoms with Crippen molar-refractivity contribution in [3.63, 3.8) is 0 Å². The molecule has 2 N–H and O–H groups in total. The van der Waals surface area contributed by atoms with Crippen molar-refractivity contribution in [1.82, 2.24) is 10.6 Å². The van der Waals surface area contributed by atoms with Crippen LogP contribution in [0.5, 0.6) is 0 Å². The molecule has 0 aromatic rings. The van der Waals surface area contributed by atoms with Crippen molar-refractivity contribution in [2.75, 3.05) is 13.1 Å². The second-order valence-corrected chi connectivity index (χ2v) is 6.60. The van der Waals surface area contributed by atoms with Gasteiger partial charge in [0.15, 0.2) is 0 Å². The molecule has 0 saturated heterocycles. The van der Waals surface area contributed by atoms with Crippen molar-refractivity contribution in [2.45, 2.75) is 54.6 Å². The summed E-state index contributed by atoms with van der Waals surface area (Å²) < 4.78 is 0. The summed E-state index contributed by atoms with van der Waals surface area (Å²) in [5.74, 6) is 0. The Labute approximate surface area is 89.9 Å². The lowest BCUT2D eigenvalue weighted by atomic mass is 9.96. The minimum atomic E-state index is 0.359. The van der Waals surface area contributed by atoms with Crippen molar-refractivity contribution in [3.8, 4) is 0 Å². The molecule has 0 bridgehead atoms. The zero-order valence-electron chi connectivity index (χ0n) is 11.0. The van der Waals surface area contributed by atoms with Gasteiger partial charge in [-0.05, 0) is 17.8 Å². The fraction of sp³-hybridized carbons (Fsp3) is 1.00. The van der Waals surface area contributed by atoms with Crippen molar-refractivity contribution in [2.24, 2.45) is 10.8 Å². The first-order valence-electron chi connectivity index (χ1n) is 5.57. The molecule has 0 aliphatic carbocycles. The zero-order chi connectivity index (χ0) is 11.4. The standard InChI is InChI=1S/C12H28N2/c1-10(13-8-11(2,3)4)14-9-12(5,6)7/h10,13-14H,8-9H2,1-7H3. The largest absolute Gasteiger partial charge is 0.302 e. The third-order valence-corrected chi connectivity index (χ3v) is 1.88. The molecule has 0 atom stereocenters. The van der Waals surface area contributed by atoms with Gasteiger partial charge in [0.05, 0.1) is 6.17 Å². The van der Waals surface area contributed by atoms with Crippen LogP contribution in [0, 0.1) is 10.8 Å². The van der Waals surface area contributed by atoms with Gasteiger partial charge in [-0.2, -0.15) is 0 Å². The molecule has 0 aliphatic heterocycles. The molecule has 0 radical (unpaired) electrons. The molecule has 86 valence electrons. The van der Waals surface area contributed by atoms with Gasteiger partial charge in [-0.25, -0.2) is 0 Å². The molecule has 0 unspecified atom stereocenters. The van der Waals surface area contributed by atoms with Crippen LogP contribution in [-0.2, 0) is 0 Å². The van der Waals surface area contributed by atoms with Crippen molar-refractivity contribution in [3.05, 3.63) is 0 Å². The highest BCUT2D eigenvalue weighted by Crippen LogP contribution is 2.12. The molecule has 0 fully saturated rings. The summed E-state index contributed by atoms with van der Waals surface area (Å²) in [5.41, 5.74) is 0.718. The van der Waals surface area contributed by atoms with Crippen LogP contribution in [-0.4, -0.2) is 19.3 Å². The Balaban J connectivity index is 3.62. The van der Waals surface area contributed by atoms with Crippen molar-refractivity contribution < 1.29 is 0 Å². The quantitative estimate of drug-likeness (QED) is 0.682. The first-order chi connectivity index (χ1) is 6.10. The van der Waals surface area contributed by atoms with Crippen LogP contribution in [0.25, 0.3) is 0 Å². The van der Waals surface area contributed by atoms with Gasteiger partial charge < -0.3 is 10.6 Å². The van der Waals surface area contributed by atoms with Crippen molar-refractivity contribution in [1.29, 1.82) is 0 Å². The van der Waals surface area contributed by atoms with E-state index in [1.165, 1.54) is 0 Å². The van der Waals surface area contributed by atoms with E-state index in [0.29, 0.717) is 17.0 Å². The Bertz CT molecular complexity index is 133. The fourth-order valence-electron chi connectivity index (χ4n) is 0.991. The molecule has 0 amide bonds. The highest BCUT2D eigenvalue weighted by molar-refractivity contribution is 4.71. The zero-order valence-corrected chi connectivity index (χ0v) is 11.0. The second-order valence-electron chi connectivity index (χ2n) is 6.60. The third-order valence-electron chi connectivity index (χ3n) is 1.88. The molecule has 0 aliphatic rings. The monoisotopic (exact) mass is 200 g/mol. The normalized spacial score (nSPS) is 13.7. The van der Waals surface area contributed by atoms with E-state index in [1.54, 1.807) is 0 Å². The average molecular weight is 200 g/mol. The molecule has 0 spiro atoms. The van der Waals surface area contributed by atoms with Crippen LogP contribution in [0.15, 0.2) is 0 Å². The highest BCUT2D eigenvalue weighted by atomic mass is 15.1. The smallest absolute Gasteiger partial charge is 0.0542 e. The van der Waals surface area contributed by atoms with Crippen LogP contribution in [0.3, 0.4) is 0 Å². The topological polar surface area (TPSA) is 24.1 Å². The fourth-order valence-corrected chi connectivity index (χ4v) is 0.991. The average Bonchev–Trinajstić information content (AvgIpc) is 1.94. The van der Waals surface area contributed by atoms with Crippen LogP contribution < -0.4 is 10.6 Å². The molecule has 2 heteroatoms. The molecule has 0 aromatic heterocycles. The van der Waals surface area contributed by atoms with Crippen LogP contribution in [0.1, 0.15) is 48.5 Å². The SMILES string of the molecule is CC(NCC(C)(C)C)NCC(C)(C)C. The number of rotatable bonds is 4. The summed E-state index contributed by atoms with van der Waals surface area (Å²) in [4.78, 5) is 0. The van der Waals surface area contributed by atoms with Crippen LogP contribution in [0.2, 0.25) is 0 Å². The molecular formula is C12H28N2. The lowest BCUT2D eigenvalue weighted by Crippen LogP contribution is -2.45. The minimum absolute atomic E-state index is 0.359. The third kappa shape index (κ3) is 10.0. The maximum absolute atomic E-state index is 3.48. The van der Waals surface area contributed by atoms with E-state index < -0.39 is 0 Å². The van der Waals surface area contributed by atoms with Gasteiger partial charge in [-0.1, -0.05) is 41.5 Å². The number of hydrogen-bond acceptors (Lipinski definition) is 2. The van der Waals surface area contributed by atoms with E-state index in [4.69, 9.17) is 0 Å². The Morgan fingerprint density at radius 3 is 1.29 bits per heavy atom. The molecule has 0 heterocycles. The maximum Gasteiger partial charge on any atom is 0.0542 e. The highest BCUT2D eigenvalue weighted by Gasteiger charge is 2.14. The van der Waals surface area contributed by atoms with Gasteiger partial charge >= 0.3 is 0 Å². The van der Waals surface area contributed by atoms with Gasteiger partial charge in [0.1, 0.15) is 0 Å². The van der Waals surface area contributed by atoms with Gasteiger partial charge in [0, 0.05) is 13.1 Å². The van der Waals surface area contributed by atoms with E-state index in [0.717, 1.165) is 13.1 Å². The summed E-state index contributed by atoms with van der Waals surface area (Å²) in [6.45, 7) is 17.8. The minimum Gasteiger partial charge on any atom is -0.302 e. The lowest BCUT2D eigenvalue weighted by molar-refractivity contribution is 0.301.